The minimum absolute atomic E-state index is 0.0805. The van der Waals surface area contributed by atoms with Crippen LogP contribution in [0.4, 0.5) is 16.3 Å². The molecule has 1 aliphatic rings. The Kier molecular flexibility index (Phi) is 7.07. The minimum atomic E-state index is -0.562. The summed E-state index contributed by atoms with van der Waals surface area (Å²) in [6.07, 6.45) is 1.51. The number of benzene rings is 1. The number of anilines is 2. The third kappa shape index (κ3) is 5.27. The van der Waals surface area contributed by atoms with Gasteiger partial charge in [-0.3, -0.25) is 14.7 Å². The molecule has 12 heteroatoms. The Morgan fingerprint density at radius 1 is 1.10 bits per heavy atom. The van der Waals surface area contributed by atoms with Crippen molar-refractivity contribution in [2.75, 3.05) is 30.4 Å². The average Bonchev–Trinajstić information content (AvgIpc) is 3.45. The summed E-state index contributed by atoms with van der Waals surface area (Å²) >= 11 is 1.39. The number of aromatic nitrogens is 4. The number of thiazole rings is 1. The molecule has 0 bridgehead atoms. The van der Waals surface area contributed by atoms with Crippen molar-refractivity contribution in [3.05, 3.63) is 41.3 Å². The molecule has 212 valence electrons. The lowest BCUT2D eigenvalue weighted by molar-refractivity contribution is 0.00567. The lowest BCUT2D eigenvalue weighted by Crippen LogP contribution is -2.59. The number of fused-ring (bicyclic) bond motifs is 2. The van der Waals surface area contributed by atoms with Crippen molar-refractivity contribution in [3.8, 4) is 5.19 Å². The Morgan fingerprint density at radius 2 is 1.80 bits per heavy atom. The number of piperazine rings is 1. The van der Waals surface area contributed by atoms with Crippen LogP contribution in [0.5, 0.6) is 5.19 Å². The van der Waals surface area contributed by atoms with E-state index in [-0.39, 0.29) is 24.1 Å². The van der Waals surface area contributed by atoms with E-state index >= 15 is 0 Å². The highest BCUT2D eigenvalue weighted by molar-refractivity contribution is 7.21. The molecule has 3 aromatic heterocycles. The summed E-state index contributed by atoms with van der Waals surface area (Å²) in [5.74, 6) is 0.118. The van der Waals surface area contributed by atoms with Crippen molar-refractivity contribution in [2.45, 2.75) is 66.2 Å². The van der Waals surface area contributed by atoms with Crippen molar-refractivity contribution in [1.29, 1.82) is 0 Å². The van der Waals surface area contributed by atoms with Gasteiger partial charge in [0.2, 0.25) is 0 Å². The largest absolute Gasteiger partial charge is 0.473 e. The van der Waals surface area contributed by atoms with Crippen LogP contribution >= 0.6 is 11.3 Å². The number of hydrogen-bond acceptors (Lipinski definition) is 9. The molecule has 0 saturated carbocycles. The Balaban J connectivity index is 1.43. The number of nitrogens with zero attached hydrogens (tertiary/aromatic N) is 6. The minimum Gasteiger partial charge on any atom is -0.473 e. The van der Waals surface area contributed by atoms with Crippen LogP contribution in [0.1, 0.15) is 56.4 Å². The van der Waals surface area contributed by atoms with Crippen LogP contribution in [0.2, 0.25) is 0 Å². The summed E-state index contributed by atoms with van der Waals surface area (Å²) in [5.41, 5.74) is 3.87. The van der Waals surface area contributed by atoms with Gasteiger partial charge in [0.25, 0.3) is 11.1 Å². The number of rotatable bonds is 4. The van der Waals surface area contributed by atoms with Crippen LogP contribution in [0, 0.1) is 13.8 Å². The van der Waals surface area contributed by atoms with Crippen molar-refractivity contribution in [2.24, 2.45) is 0 Å². The lowest BCUT2D eigenvalue weighted by Gasteiger charge is -2.45. The summed E-state index contributed by atoms with van der Waals surface area (Å²) in [7, 11) is 1.57. The Labute approximate surface area is 237 Å². The molecule has 1 aliphatic heterocycles. The van der Waals surface area contributed by atoms with Crippen LogP contribution in [0.3, 0.4) is 0 Å². The summed E-state index contributed by atoms with van der Waals surface area (Å²) < 4.78 is 13.7. The lowest BCUT2D eigenvalue weighted by atomic mass is 10.1. The molecule has 1 aromatic carbocycles. The van der Waals surface area contributed by atoms with Crippen molar-refractivity contribution in [1.82, 2.24) is 24.5 Å². The number of ether oxygens (including phenoxy) is 2. The third-order valence-electron chi connectivity index (χ3n) is 6.79. The molecule has 2 amide bonds. The van der Waals surface area contributed by atoms with Crippen molar-refractivity contribution >= 4 is 50.6 Å². The molecule has 40 heavy (non-hydrogen) atoms. The van der Waals surface area contributed by atoms with E-state index in [1.165, 1.54) is 11.3 Å². The van der Waals surface area contributed by atoms with E-state index in [9.17, 15) is 9.59 Å². The van der Waals surface area contributed by atoms with Gasteiger partial charge in [0, 0.05) is 19.2 Å². The molecule has 0 aliphatic carbocycles. The summed E-state index contributed by atoms with van der Waals surface area (Å²) in [4.78, 5) is 39.5. The molecule has 2 atom stereocenters. The first-order valence-corrected chi connectivity index (χ1v) is 14.0. The highest BCUT2D eigenvalue weighted by atomic mass is 32.1. The quantitative estimate of drug-likeness (QED) is 0.366. The van der Waals surface area contributed by atoms with E-state index in [4.69, 9.17) is 9.47 Å². The zero-order valence-corrected chi connectivity index (χ0v) is 24.9. The van der Waals surface area contributed by atoms with Gasteiger partial charge in [-0.05, 0) is 60.6 Å². The van der Waals surface area contributed by atoms with Gasteiger partial charge in [-0.15, -0.1) is 5.10 Å². The van der Waals surface area contributed by atoms with Gasteiger partial charge in [-0.1, -0.05) is 11.3 Å². The smallest absolute Gasteiger partial charge is 0.410 e. The number of carbonyl (C=O) groups is 2. The number of carbonyl (C=O) groups excluding carboxylic acids is 2. The van der Waals surface area contributed by atoms with E-state index in [1.807, 2.05) is 65.6 Å². The zero-order chi connectivity index (χ0) is 28.9. The fraction of sp³-hybridized carbons (Fsp3) is 0.464. The van der Waals surface area contributed by atoms with Gasteiger partial charge in [0.1, 0.15) is 11.1 Å². The molecule has 5 rings (SSSR count). The maximum atomic E-state index is 13.5. The molecule has 4 heterocycles. The number of nitrogens with one attached hydrogen (secondary N) is 1. The predicted molar refractivity (Wildman–Crippen MR) is 156 cm³/mol. The van der Waals surface area contributed by atoms with Crippen LogP contribution in [0.15, 0.2) is 24.4 Å². The maximum Gasteiger partial charge on any atom is 0.410 e. The predicted octanol–water partition coefficient (Wildman–Crippen LogP) is 5.05. The van der Waals surface area contributed by atoms with Crippen LogP contribution in [0.25, 0.3) is 15.7 Å². The Bertz CT molecular complexity index is 1590. The molecule has 1 fully saturated rings. The number of aryl methyl sites for hydroxylation is 2. The summed E-state index contributed by atoms with van der Waals surface area (Å²) in [5, 5.41) is 7.89. The number of hydrogen-bond donors (Lipinski definition) is 1. The SMILES string of the molecule is COc1nc2c(C(=O)Nc3cc4c(C)nc(C)cn4n3)ccc(N3C[C@H](C)N(C(=O)OC(C)(C)C)[C@@H](C)C3)c2s1. The van der Waals surface area contributed by atoms with E-state index in [0.29, 0.717) is 35.2 Å². The van der Waals surface area contributed by atoms with Gasteiger partial charge in [-0.25, -0.2) is 14.3 Å². The second-order valence-electron chi connectivity index (χ2n) is 11.3. The Morgan fingerprint density at radius 3 is 2.45 bits per heavy atom. The standard InChI is InChI=1S/C28H35N7O4S/c1-15-12-34-21(18(4)29-15)11-22(32-34)30-25(36)19-9-10-20(24-23(19)31-26(38-8)40-24)33-13-16(2)35(17(3)14-33)27(37)39-28(5,6)7/h9-12,16-17H,13-14H2,1-8H3,(H,30,32,36)/t16-,17-/m0/s1. The summed E-state index contributed by atoms with van der Waals surface area (Å²) in [6, 6.07) is 5.37. The van der Waals surface area contributed by atoms with E-state index in [1.54, 1.807) is 23.8 Å². The topological polar surface area (TPSA) is 114 Å². The third-order valence-corrected chi connectivity index (χ3v) is 7.83. The first-order chi connectivity index (χ1) is 18.8. The second-order valence-corrected chi connectivity index (χ2v) is 12.2. The molecule has 0 unspecified atom stereocenters. The van der Waals surface area contributed by atoms with Gasteiger partial charge in [-0.2, -0.15) is 0 Å². The van der Waals surface area contributed by atoms with Crippen molar-refractivity contribution < 1.29 is 19.1 Å². The van der Waals surface area contributed by atoms with Gasteiger partial charge >= 0.3 is 6.09 Å². The molecule has 0 radical (unpaired) electrons. The highest BCUT2D eigenvalue weighted by Crippen LogP contribution is 2.39. The average molecular weight is 566 g/mol. The monoisotopic (exact) mass is 565 g/mol. The van der Waals surface area contributed by atoms with E-state index in [2.05, 4.69) is 25.3 Å². The number of amides is 2. The molecule has 11 nitrogen and oxygen atoms in total. The molecular formula is C28H35N7O4S. The molecule has 0 spiro atoms. The van der Waals surface area contributed by atoms with Crippen LogP contribution < -0.4 is 15.0 Å². The molecule has 1 N–H and O–H groups in total. The molecular weight excluding hydrogens is 530 g/mol. The normalized spacial score (nSPS) is 17.9. The zero-order valence-electron chi connectivity index (χ0n) is 24.1. The Hall–Kier alpha value is -3.93. The van der Waals surface area contributed by atoms with E-state index < -0.39 is 5.60 Å². The fourth-order valence-corrected chi connectivity index (χ4v) is 6.17. The number of methoxy groups -OCH3 is 1. The van der Waals surface area contributed by atoms with Crippen LogP contribution in [-0.4, -0.2) is 74.4 Å². The second kappa shape index (κ2) is 10.2. The molecule has 4 aromatic rings. The van der Waals surface area contributed by atoms with Gasteiger partial charge in [0.05, 0.1) is 58.2 Å². The van der Waals surface area contributed by atoms with Gasteiger partial charge < -0.3 is 19.7 Å². The first kappa shape index (κ1) is 27.6. The fourth-order valence-electron chi connectivity index (χ4n) is 5.22. The summed E-state index contributed by atoms with van der Waals surface area (Å²) in [6.45, 7) is 14.7. The van der Waals surface area contributed by atoms with E-state index in [0.717, 1.165) is 27.3 Å². The van der Waals surface area contributed by atoms with Crippen molar-refractivity contribution in [3.63, 3.8) is 0 Å². The van der Waals surface area contributed by atoms with Gasteiger partial charge in [0.15, 0.2) is 5.82 Å². The highest BCUT2D eigenvalue weighted by Gasteiger charge is 2.36. The molecule has 1 saturated heterocycles. The first-order valence-electron chi connectivity index (χ1n) is 13.2. The maximum absolute atomic E-state index is 13.5. The van der Waals surface area contributed by atoms with Crippen LogP contribution in [-0.2, 0) is 4.74 Å².